The molecule has 8 heteroatoms. The van der Waals surface area contributed by atoms with Crippen molar-refractivity contribution >= 4 is 34.0 Å². The molecular formula is C15H24ClN3O3S. The number of piperidine rings is 1. The highest BCUT2D eigenvalue weighted by Crippen LogP contribution is 2.27. The number of hydrogen-bond donors (Lipinski definition) is 2. The molecule has 1 unspecified atom stereocenters. The van der Waals surface area contributed by atoms with Crippen molar-refractivity contribution in [2.75, 3.05) is 18.4 Å². The fourth-order valence-electron chi connectivity index (χ4n) is 2.75. The minimum absolute atomic E-state index is 0. The molecule has 1 atom stereocenters. The fourth-order valence-corrected chi connectivity index (χ4v) is 4.48. The van der Waals surface area contributed by atoms with Gasteiger partial charge in [0.1, 0.15) is 0 Å². The first-order valence-electron chi connectivity index (χ1n) is 7.46. The number of rotatable bonds is 4. The van der Waals surface area contributed by atoms with Crippen molar-refractivity contribution in [3.63, 3.8) is 0 Å². The highest BCUT2D eigenvalue weighted by atomic mass is 35.5. The van der Waals surface area contributed by atoms with E-state index in [0.717, 1.165) is 24.8 Å². The van der Waals surface area contributed by atoms with Crippen LogP contribution in [0.25, 0.3) is 0 Å². The van der Waals surface area contributed by atoms with Crippen LogP contribution in [0.1, 0.15) is 31.7 Å². The van der Waals surface area contributed by atoms with Crippen LogP contribution in [0.4, 0.5) is 5.69 Å². The molecule has 1 aromatic rings. The molecule has 130 valence electrons. The molecule has 0 aromatic heterocycles. The molecule has 1 aliphatic rings. The molecule has 1 aromatic carbocycles. The fraction of sp³-hybridized carbons (Fsp3) is 0.533. The smallest absolute Gasteiger partial charge is 0.243 e. The molecule has 0 saturated carbocycles. The van der Waals surface area contributed by atoms with Gasteiger partial charge in [-0.3, -0.25) is 4.79 Å². The Morgan fingerprint density at radius 3 is 2.70 bits per heavy atom. The molecule has 1 heterocycles. The summed E-state index contributed by atoms with van der Waals surface area (Å²) in [7, 11) is -3.60. The molecule has 1 aliphatic heterocycles. The number of carbonyl (C=O) groups is 1. The standard InChI is InChI=1S/C15H23N3O3S.ClH/c1-11-6-7-14(9-15(11)17-12(2)19)22(20,21)18-8-4-3-5-13(18)10-16;/h6-7,9,13H,3-5,8,10,16H2,1-2H3,(H,17,19);1H. The van der Waals surface area contributed by atoms with E-state index in [1.54, 1.807) is 12.1 Å². The van der Waals surface area contributed by atoms with E-state index in [4.69, 9.17) is 5.73 Å². The van der Waals surface area contributed by atoms with Crippen molar-refractivity contribution in [1.29, 1.82) is 0 Å². The van der Waals surface area contributed by atoms with Gasteiger partial charge < -0.3 is 11.1 Å². The number of sulfonamides is 1. The van der Waals surface area contributed by atoms with Crippen LogP contribution in [-0.4, -0.2) is 37.8 Å². The van der Waals surface area contributed by atoms with E-state index in [1.807, 2.05) is 6.92 Å². The molecule has 1 saturated heterocycles. The lowest BCUT2D eigenvalue weighted by Gasteiger charge is -2.34. The SMILES string of the molecule is CC(=O)Nc1cc(S(=O)(=O)N2CCCCC2CN)ccc1C.Cl. The predicted octanol–water partition coefficient (Wildman–Crippen LogP) is 1.88. The lowest BCUT2D eigenvalue weighted by Crippen LogP contribution is -2.47. The second kappa shape index (κ2) is 8.10. The zero-order valence-corrected chi connectivity index (χ0v) is 15.0. The summed E-state index contributed by atoms with van der Waals surface area (Å²) in [6.45, 7) is 4.04. The molecule has 3 N–H and O–H groups in total. The Balaban J connectivity index is 0.00000264. The van der Waals surface area contributed by atoms with Crippen molar-refractivity contribution in [1.82, 2.24) is 4.31 Å². The van der Waals surface area contributed by atoms with E-state index < -0.39 is 10.0 Å². The topological polar surface area (TPSA) is 92.5 Å². The van der Waals surface area contributed by atoms with Gasteiger partial charge in [-0.25, -0.2) is 8.42 Å². The van der Waals surface area contributed by atoms with E-state index in [-0.39, 0.29) is 29.3 Å². The van der Waals surface area contributed by atoms with E-state index in [9.17, 15) is 13.2 Å². The lowest BCUT2D eigenvalue weighted by atomic mass is 10.1. The Morgan fingerprint density at radius 1 is 1.39 bits per heavy atom. The monoisotopic (exact) mass is 361 g/mol. The first-order chi connectivity index (χ1) is 10.4. The number of benzene rings is 1. The maximum absolute atomic E-state index is 12.9. The Hall–Kier alpha value is -1.15. The predicted molar refractivity (Wildman–Crippen MR) is 93.3 cm³/mol. The summed E-state index contributed by atoms with van der Waals surface area (Å²) in [5, 5.41) is 2.67. The summed E-state index contributed by atoms with van der Waals surface area (Å²) in [6.07, 6.45) is 2.64. The van der Waals surface area contributed by atoms with Crippen molar-refractivity contribution in [2.45, 2.75) is 44.0 Å². The first-order valence-corrected chi connectivity index (χ1v) is 8.90. The molecule has 0 spiro atoms. The average Bonchev–Trinajstić information content (AvgIpc) is 2.48. The van der Waals surface area contributed by atoms with Crippen LogP contribution < -0.4 is 11.1 Å². The van der Waals surface area contributed by atoms with E-state index in [0.29, 0.717) is 18.8 Å². The quantitative estimate of drug-likeness (QED) is 0.856. The summed E-state index contributed by atoms with van der Waals surface area (Å²) in [5.74, 6) is -0.226. The van der Waals surface area contributed by atoms with E-state index in [2.05, 4.69) is 5.32 Å². The van der Waals surface area contributed by atoms with Crippen LogP contribution in [-0.2, 0) is 14.8 Å². The second-order valence-electron chi connectivity index (χ2n) is 5.66. The molecule has 1 amide bonds. The van der Waals surface area contributed by atoms with Crippen molar-refractivity contribution in [2.24, 2.45) is 5.73 Å². The van der Waals surface area contributed by atoms with Crippen LogP contribution in [0.2, 0.25) is 0 Å². The van der Waals surface area contributed by atoms with Crippen LogP contribution in [0.15, 0.2) is 23.1 Å². The molecule has 23 heavy (non-hydrogen) atoms. The van der Waals surface area contributed by atoms with Crippen molar-refractivity contribution in [3.8, 4) is 0 Å². The van der Waals surface area contributed by atoms with Gasteiger partial charge in [0, 0.05) is 31.7 Å². The summed E-state index contributed by atoms with van der Waals surface area (Å²) in [5.41, 5.74) is 7.07. The third-order valence-electron chi connectivity index (χ3n) is 3.97. The van der Waals surface area contributed by atoms with Gasteiger partial charge in [0.05, 0.1) is 4.90 Å². The van der Waals surface area contributed by atoms with Crippen LogP contribution in [0, 0.1) is 6.92 Å². The van der Waals surface area contributed by atoms with Crippen molar-refractivity contribution in [3.05, 3.63) is 23.8 Å². The Kier molecular flexibility index (Phi) is 7.01. The number of amides is 1. The Labute approximate surface area is 143 Å². The number of nitrogens with zero attached hydrogens (tertiary/aromatic N) is 1. The summed E-state index contributed by atoms with van der Waals surface area (Å²) in [4.78, 5) is 11.4. The maximum atomic E-state index is 12.9. The molecule has 0 radical (unpaired) electrons. The number of anilines is 1. The average molecular weight is 362 g/mol. The zero-order valence-electron chi connectivity index (χ0n) is 13.4. The van der Waals surface area contributed by atoms with Gasteiger partial charge >= 0.3 is 0 Å². The molecule has 2 rings (SSSR count). The van der Waals surface area contributed by atoms with Gasteiger partial charge in [-0.1, -0.05) is 12.5 Å². The van der Waals surface area contributed by atoms with Gasteiger partial charge in [0.2, 0.25) is 15.9 Å². The highest BCUT2D eigenvalue weighted by molar-refractivity contribution is 7.89. The van der Waals surface area contributed by atoms with Gasteiger partial charge in [0.25, 0.3) is 0 Å². The Morgan fingerprint density at radius 2 is 2.09 bits per heavy atom. The van der Waals surface area contributed by atoms with E-state index in [1.165, 1.54) is 17.3 Å². The minimum Gasteiger partial charge on any atom is -0.329 e. The number of carbonyl (C=O) groups excluding carboxylic acids is 1. The Bertz CT molecular complexity index is 664. The van der Waals surface area contributed by atoms with Gasteiger partial charge in [-0.05, 0) is 37.5 Å². The summed E-state index contributed by atoms with van der Waals surface area (Å²) >= 11 is 0. The molecule has 0 aliphatic carbocycles. The van der Waals surface area contributed by atoms with Gasteiger partial charge in [-0.2, -0.15) is 4.31 Å². The van der Waals surface area contributed by atoms with Crippen LogP contribution in [0.5, 0.6) is 0 Å². The zero-order chi connectivity index (χ0) is 16.3. The molecule has 0 bridgehead atoms. The number of nitrogens with one attached hydrogen (secondary N) is 1. The largest absolute Gasteiger partial charge is 0.329 e. The highest BCUT2D eigenvalue weighted by Gasteiger charge is 2.32. The van der Waals surface area contributed by atoms with Crippen LogP contribution in [0.3, 0.4) is 0 Å². The maximum Gasteiger partial charge on any atom is 0.243 e. The number of nitrogens with two attached hydrogens (primary N) is 1. The summed E-state index contributed by atoms with van der Waals surface area (Å²) in [6, 6.07) is 4.66. The summed E-state index contributed by atoms with van der Waals surface area (Å²) < 4.78 is 27.2. The van der Waals surface area contributed by atoms with Gasteiger partial charge in [0.15, 0.2) is 0 Å². The number of halogens is 1. The third-order valence-corrected chi connectivity index (χ3v) is 5.92. The second-order valence-corrected chi connectivity index (χ2v) is 7.55. The normalized spacial score (nSPS) is 19.0. The molecule has 1 fully saturated rings. The first kappa shape index (κ1) is 19.9. The number of hydrogen-bond acceptors (Lipinski definition) is 4. The van der Waals surface area contributed by atoms with Crippen molar-refractivity contribution < 1.29 is 13.2 Å². The lowest BCUT2D eigenvalue weighted by molar-refractivity contribution is -0.114. The number of aryl methyl sites for hydroxylation is 1. The van der Waals surface area contributed by atoms with E-state index >= 15 is 0 Å². The van der Waals surface area contributed by atoms with Gasteiger partial charge in [-0.15, -0.1) is 12.4 Å². The van der Waals surface area contributed by atoms with Crippen LogP contribution >= 0.6 is 12.4 Å². The molecule has 6 nitrogen and oxygen atoms in total. The third kappa shape index (κ3) is 4.44. The minimum atomic E-state index is -3.60. The molecular weight excluding hydrogens is 338 g/mol.